The third kappa shape index (κ3) is 2.82. The minimum absolute atomic E-state index is 0.587. The van der Waals surface area contributed by atoms with Crippen LogP contribution in [0.25, 0.3) is 22.2 Å². The molecule has 3 rings (SSSR count). The zero-order valence-electron chi connectivity index (χ0n) is 12.9. The second kappa shape index (κ2) is 5.69. The Bertz CT molecular complexity index is 774. The van der Waals surface area contributed by atoms with Gasteiger partial charge in [-0.1, -0.05) is 49.7 Å². The van der Waals surface area contributed by atoms with Crippen molar-refractivity contribution >= 4 is 10.9 Å². The van der Waals surface area contributed by atoms with Gasteiger partial charge in [0.15, 0.2) is 0 Å². The Balaban J connectivity index is 2.11. The summed E-state index contributed by atoms with van der Waals surface area (Å²) >= 11 is 0. The second-order valence-corrected chi connectivity index (χ2v) is 5.83. The van der Waals surface area contributed by atoms with Crippen LogP contribution >= 0.6 is 0 Å². The highest BCUT2D eigenvalue weighted by Crippen LogP contribution is 2.27. The molecule has 0 radical (unpaired) electrons. The van der Waals surface area contributed by atoms with E-state index in [9.17, 15) is 0 Å². The van der Waals surface area contributed by atoms with Gasteiger partial charge in [-0.25, -0.2) is 4.98 Å². The quantitative estimate of drug-likeness (QED) is 0.595. The average Bonchev–Trinajstić information content (AvgIpc) is 2.53. The summed E-state index contributed by atoms with van der Waals surface area (Å²) in [4.78, 5) is 4.81. The summed E-state index contributed by atoms with van der Waals surface area (Å²) in [7, 11) is 0. The van der Waals surface area contributed by atoms with Gasteiger partial charge in [-0.2, -0.15) is 0 Å². The molecule has 0 aliphatic heterocycles. The van der Waals surface area contributed by atoms with E-state index in [2.05, 4.69) is 69.3 Å². The van der Waals surface area contributed by atoms with Crippen LogP contribution in [-0.4, -0.2) is 4.98 Å². The standard InChI is InChI=1S/C20H21N/c1-4-15(3)17-11-14(2)12-18(13-17)20-10-9-16-7-5-6-8-19(16)21-20/h5-13,15H,4H2,1-3H3. The van der Waals surface area contributed by atoms with E-state index in [4.69, 9.17) is 4.98 Å². The summed E-state index contributed by atoms with van der Waals surface area (Å²) in [6, 6.07) is 19.4. The number of hydrogen-bond donors (Lipinski definition) is 0. The molecular formula is C20H21N. The van der Waals surface area contributed by atoms with Crippen LogP contribution in [0.2, 0.25) is 0 Å². The van der Waals surface area contributed by atoms with Crippen LogP contribution in [-0.2, 0) is 0 Å². The van der Waals surface area contributed by atoms with Gasteiger partial charge >= 0.3 is 0 Å². The van der Waals surface area contributed by atoms with E-state index >= 15 is 0 Å². The third-order valence-electron chi connectivity index (χ3n) is 4.18. The monoisotopic (exact) mass is 275 g/mol. The predicted molar refractivity (Wildman–Crippen MR) is 90.6 cm³/mol. The third-order valence-corrected chi connectivity index (χ3v) is 4.18. The normalized spacial score (nSPS) is 12.5. The van der Waals surface area contributed by atoms with Gasteiger partial charge in [0.2, 0.25) is 0 Å². The van der Waals surface area contributed by atoms with Crippen molar-refractivity contribution in [3.05, 3.63) is 65.7 Å². The molecule has 2 aromatic carbocycles. The zero-order chi connectivity index (χ0) is 14.8. The lowest BCUT2D eigenvalue weighted by Gasteiger charge is -2.13. The Morgan fingerprint density at radius 1 is 1.00 bits per heavy atom. The van der Waals surface area contributed by atoms with Gasteiger partial charge in [0, 0.05) is 10.9 Å². The van der Waals surface area contributed by atoms with Crippen molar-refractivity contribution in [2.75, 3.05) is 0 Å². The zero-order valence-corrected chi connectivity index (χ0v) is 12.9. The fraction of sp³-hybridized carbons (Fsp3) is 0.250. The topological polar surface area (TPSA) is 12.9 Å². The summed E-state index contributed by atoms with van der Waals surface area (Å²) in [5.41, 5.74) is 6.04. The van der Waals surface area contributed by atoms with E-state index in [1.54, 1.807) is 0 Å². The maximum atomic E-state index is 4.81. The molecule has 0 aliphatic rings. The predicted octanol–water partition coefficient (Wildman–Crippen LogP) is 5.72. The van der Waals surface area contributed by atoms with Crippen LogP contribution in [0.5, 0.6) is 0 Å². The summed E-state index contributed by atoms with van der Waals surface area (Å²) in [6.07, 6.45) is 1.16. The van der Waals surface area contributed by atoms with E-state index < -0.39 is 0 Å². The summed E-state index contributed by atoms with van der Waals surface area (Å²) < 4.78 is 0. The van der Waals surface area contributed by atoms with E-state index in [1.807, 2.05) is 6.07 Å². The van der Waals surface area contributed by atoms with E-state index in [0.717, 1.165) is 17.6 Å². The van der Waals surface area contributed by atoms with Crippen molar-refractivity contribution in [1.29, 1.82) is 0 Å². The first-order chi connectivity index (χ1) is 10.2. The van der Waals surface area contributed by atoms with Crippen LogP contribution in [0.15, 0.2) is 54.6 Å². The minimum atomic E-state index is 0.587. The van der Waals surface area contributed by atoms with Gasteiger partial charge in [-0.3, -0.25) is 0 Å². The van der Waals surface area contributed by atoms with Gasteiger partial charge < -0.3 is 0 Å². The summed E-state index contributed by atoms with van der Waals surface area (Å²) in [5, 5.41) is 1.19. The molecule has 3 aromatic rings. The molecule has 1 heteroatoms. The molecule has 0 bridgehead atoms. The first kappa shape index (κ1) is 13.8. The van der Waals surface area contributed by atoms with Crippen molar-refractivity contribution in [3.63, 3.8) is 0 Å². The van der Waals surface area contributed by atoms with Crippen molar-refractivity contribution in [2.45, 2.75) is 33.1 Å². The van der Waals surface area contributed by atoms with E-state index in [0.29, 0.717) is 5.92 Å². The lowest BCUT2D eigenvalue weighted by molar-refractivity contribution is 0.733. The lowest BCUT2D eigenvalue weighted by atomic mass is 9.94. The molecule has 1 unspecified atom stereocenters. The van der Waals surface area contributed by atoms with Crippen LogP contribution in [0.1, 0.15) is 37.3 Å². The SMILES string of the molecule is CCC(C)c1cc(C)cc(-c2ccc3ccccc3n2)c1. The number of benzene rings is 2. The molecule has 0 saturated heterocycles. The highest BCUT2D eigenvalue weighted by Gasteiger charge is 2.08. The molecule has 21 heavy (non-hydrogen) atoms. The Labute approximate surface area is 126 Å². The van der Waals surface area contributed by atoms with Crippen LogP contribution in [0, 0.1) is 6.92 Å². The maximum Gasteiger partial charge on any atom is 0.0709 e. The van der Waals surface area contributed by atoms with Crippen LogP contribution < -0.4 is 0 Å². The highest BCUT2D eigenvalue weighted by molar-refractivity contribution is 5.81. The molecule has 106 valence electrons. The molecule has 0 fully saturated rings. The van der Waals surface area contributed by atoms with Crippen molar-refractivity contribution in [3.8, 4) is 11.3 Å². The average molecular weight is 275 g/mol. The minimum Gasteiger partial charge on any atom is -0.248 e. The number of pyridine rings is 1. The fourth-order valence-corrected chi connectivity index (χ4v) is 2.71. The molecule has 0 amide bonds. The maximum absolute atomic E-state index is 4.81. The van der Waals surface area contributed by atoms with Gasteiger partial charge in [0.25, 0.3) is 0 Å². The first-order valence-corrected chi connectivity index (χ1v) is 7.65. The van der Waals surface area contributed by atoms with Crippen molar-refractivity contribution < 1.29 is 0 Å². The number of para-hydroxylation sites is 1. The van der Waals surface area contributed by atoms with E-state index in [-0.39, 0.29) is 0 Å². The number of aryl methyl sites for hydroxylation is 1. The highest BCUT2D eigenvalue weighted by atomic mass is 14.7. The molecule has 0 saturated carbocycles. The van der Waals surface area contributed by atoms with E-state index in [1.165, 1.54) is 22.1 Å². The number of hydrogen-bond acceptors (Lipinski definition) is 1. The molecular weight excluding hydrogens is 254 g/mol. The number of nitrogens with zero attached hydrogens (tertiary/aromatic N) is 1. The summed E-state index contributed by atoms with van der Waals surface area (Å²) in [5.74, 6) is 0.587. The van der Waals surface area contributed by atoms with Crippen molar-refractivity contribution in [2.24, 2.45) is 0 Å². The van der Waals surface area contributed by atoms with Gasteiger partial charge in [0.1, 0.15) is 0 Å². The fourth-order valence-electron chi connectivity index (χ4n) is 2.71. The summed E-state index contributed by atoms with van der Waals surface area (Å²) in [6.45, 7) is 6.68. The molecule has 0 N–H and O–H groups in total. The number of fused-ring (bicyclic) bond motifs is 1. The second-order valence-electron chi connectivity index (χ2n) is 5.83. The Kier molecular flexibility index (Phi) is 3.74. The largest absolute Gasteiger partial charge is 0.248 e. The van der Waals surface area contributed by atoms with Crippen LogP contribution in [0.3, 0.4) is 0 Å². The number of aromatic nitrogens is 1. The Hall–Kier alpha value is -2.15. The molecule has 1 aromatic heterocycles. The lowest BCUT2D eigenvalue weighted by Crippen LogP contribution is -1.94. The molecule has 0 spiro atoms. The number of rotatable bonds is 3. The molecule has 1 atom stereocenters. The van der Waals surface area contributed by atoms with Gasteiger partial charge in [-0.05, 0) is 49.1 Å². The first-order valence-electron chi connectivity index (χ1n) is 7.65. The van der Waals surface area contributed by atoms with Gasteiger partial charge in [0.05, 0.1) is 11.2 Å². The van der Waals surface area contributed by atoms with Crippen molar-refractivity contribution in [1.82, 2.24) is 4.98 Å². The Morgan fingerprint density at radius 2 is 1.81 bits per heavy atom. The van der Waals surface area contributed by atoms with Crippen LogP contribution in [0.4, 0.5) is 0 Å². The molecule has 0 aliphatic carbocycles. The van der Waals surface area contributed by atoms with Gasteiger partial charge in [-0.15, -0.1) is 0 Å². The molecule has 1 heterocycles. The Morgan fingerprint density at radius 3 is 2.62 bits per heavy atom. The molecule has 1 nitrogen and oxygen atoms in total. The smallest absolute Gasteiger partial charge is 0.0709 e.